The van der Waals surface area contributed by atoms with Gasteiger partial charge in [0, 0.05) is 10.9 Å². The third-order valence-corrected chi connectivity index (χ3v) is 3.14. The molecule has 1 aromatic carbocycles. The van der Waals surface area contributed by atoms with Crippen LogP contribution in [0.3, 0.4) is 0 Å². The molecule has 1 N–H and O–H groups in total. The van der Waals surface area contributed by atoms with Gasteiger partial charge in [-0.3, -0.25) is 0 Å². The van der Waals surface area contributed by atoms with Crippen molar-refractivity contribution < 1.29 is 9.59 Å². The third-order valence-electron chi connectivity index (χ3n) is 2.49. The summed E-state index contributed by atoms with van der Waals surface area (Å²) in [4.78, 5) is 0. The highest BCUT2D eigenvalue weighted by Crippen LogP contribution is 2.12. The molecule has 2 nitrogen and oxygen atoms in total. The molecule has 0 saturated heterocycles. The van der Waals surface area contributed by atoms with Gasteiger partial charge in [-0.25, -0.2) is 0 Å². The molecule has 1 aromatic rings. The van der Waals surface area contributed by atoms with E-state index in [-0.39, 0.29) is 6.61 Å². The van der Waals surface area contributed by atoms with Crippen LogP contribution in [-0.4, -0.2) is 36.8 Å². The average Bonchev–Trinajstić information content (AvgIpc) is 2.18. The largest absolute Gasteiger partial charge is 0.391 e. The number of alkyl halides is 1. The van der Waals surface area contributed by atoms with Crippen molar-refractivity contribution in [2.24, 2.45) is 0 Å². The first kappa shape index (κ1) is 12.7. The Balaban J connectivity index is 2.64. The molecule has 0 aliphatic rings. The van der Waals surface area contributed by atoms with E-state index in [4.69, 9.17) is 5.11 Å². The van der Waals surface area contributed by atoms with Gasteiger partial charge in [-0.05, 0) is 5.56 Å². The number of likely N-dealkylation sites (N-methyl/N-ethyl adjacent to an activating group) is 1. The molecular formula is C12H19BrNO+. The minimum Gasteiger partial charge on any atom is -0.391 e. The molecule has 84 valence electrons. The number of benzene rings is 1. The van der Waals surface area contributed by atoms with Crippen molar-refractivity contribution in [1.29, 1.82) is 0 Å². The van der Waals surface area contributed by atoms with Gasteiger partial charge in [0.05, 0.1) is 20.7 Å². The molecule has 1 rings (SSSR count). The summed E-state index contributed by atoms with van der Waals surface area (Å²) in [6.45, 7) is 2.00. The van der Waals surface area contributed by atoms with Crippen molar-refractivity contribution in [1.82, 2.24) is 0 Å². The molecular weight excluding hydrogens is 254 g/mol. The van der Waals surface area contributed by atoms with Crippen LogP contribution in [-0.2, 0) is 11.9 Å². The Hall–Kier alpha value is -0.380. The van der Waals surface area contributed by atoms with Crippen LogP contribution in [0, 0.1) is 0 Å². The number of aliphatic hydroxyl groups excluding tert-OH is 1. The van der Waals surface area contributed by atoms with E-state index < -0.39 is 0 Å². The zero-order chi connectivity index (χ0) is 11.3. The number of hydrogen-bond acceptors (Lipinski definition) is 1. The number of rotatable bonds is 5. The maximum atomic E-state index is 8.94. The summed E-state index contributed by atoms with van der Waals surface area (Å²) in [5.74, 6) is 0. The summed E-state index contributed by atoms with van der Waals surface area (Å²) >= 11 is 3.43. The van der Waals surface area contributed by atoms with Crippen LogP contribution >= 0.6 is 15.9 Å². The number of hydrogen-bond donors (Lipinski definition) is 1. The van der Waals surface area contributed by atoms with Crippen molar-refractivity contribution in [3.8, 4) is 0 Å². The first-order chi connectivity index (χ1) is 7.07. The first-order valence-electron chi connectivity index (χ1n) is 5.14. The Kier molecular flexibility index (Phi) is 4.77. The Morgan fingerprint density at radius 1 is 1.13 bits per heavy atom. The van der Waals surface area contributed by atoms with Gasteiger partial charge in [-0.15, -0.1) is 0 Å². The van der Waals surface area contributed by atoms with Crippen LogP contribution in [0.1, 0.15) is 11.1 Å². The van der Waals surface area contributed by atoms with Crippen molar-refractivity contribution in [2.75, 3.05) is 27.2 Å². The maximum Gasteiger partial charge on any atom is 0.104 e. The second kappa shape index (κ2) is 5.64. The maximum absolute atomic E-state index is 8.94. The molecule has 3 heteroatoms. The standard InChI is InChI=1S/C12H19BrNO/c1-14(2,7-8-15)10-12-5-3-11(9-13)4-6-12/h3-6,15H,7-10H2,1-2H3/q+1. The summed E-state index contributed by atoms with van der Waals surface area (Å²) in [5, 5.41) is 9.85. The monoisotopic (exact) mass is 272 g/mol. The van der Waals surface area contributed by atoms with Gasteiger partial charge in [0.15, 0.2) is 0 Å². The minimum atomic E-state index is 0.243. The fourth-order valence-corrected chi connectivity index (χ4v) is 1.95. The lowest BCUT2D eigenvalue weighted by Crippen LogP contribution is -2.41. The van der Waals surface area contributed by atoms with E-state index in [1.165, 1.54) is 11.1 Å². The fourth-order valence-electron chi connectivity index (χ4n) is 1.58. The highest BCUT2D eigenvalue weighted by atomic mass is 79.9. The van der Waals surface area contributed by atoms with Gasteiger partial charge in [0.25, 0.3) is 0 Å². The number of nitrogens with zero attached hydrogens (tertiary/aromatic N) is 1. The highest BCUT2D eigenvalue weighted by Gasteiger charge is 2.14. The quantitative estimate of drug-likeness (QED) is 0.644. The Labute approximate surface area is 100 Å². The van der Waals surface area contributed by atoms with Crippen molar-refractivity contribution in [2.45, 2.75) is 11.9 Å². The number of aliphatic hydroxyl groups is 1. The summed E-state index contributed by atoms with van der Waals surface area (Å²) in [6, 6.07) is 8.61. The predicted octanol–water partition coefficient (Wildman–Crippen LogP) is 2.15. The van der Waals surface area contributed by atoms with Crippen LogP contribution < -0.4 is 0 Å². The van der Waals surface area contributed by atoms with Crippen LogP contribution in [0.15, 0.2) is 24.3 Å². The number of quaternary nitrogens is 1. The van der Waals surface area contributed by atoms with E-state index in [2.05, 4.69) is 54.3 Å². The molecule has 0 unspecified atom stereocenters. The summed E-state index contributed by atoms with van der Waals surface area (Å²) in [6.07, 6.45) is 0. The molecule has 0 aliphatic heterocycles. The summed E-state index contributed by atoms with van der Waals surface area (Å²) in [7, 11) is 4.27. The topological polar surface area (TPSA) is 20.2 Å². The SMILES string of the molecule is C[N+](C)(CCO)Cc1ccc(CBr)cc1. The zero-order valence-electron chi connectivity index (χ0n) is 9.41. The molecule has 0 amide bonds. The van der Waals surface area contributed by atoms with Gasteiger partial charge in [-0.2, -0.15) is 0 Å². The molecule has 0 bridgehead atoms. The predicted molar refractivity (Wildman–Crippen MR) is 66.8 cm³/mol. The number of halogens is 1. The van der Waals surface area contributed by atoms with E-state index in [0.29, 0.717) is 0 Å². The molecule has 0 fully saturated rings. The van der Waals surface area contributed by atoms with Crippen LogP contribution in [0.2, 0.25) is 0 Å². The van der Waals surface area contributed by atoms with Crippen molar-refractivity contribution >= 4 is 15.9 Å². The van der Waals surface area contributed by atoms with Gasteiger partial charge in [0.2, 0.25) is 0 Å². The van der Waals surface area contributed by atoms with Crippen LogP contribution in [0.4, 0.5) is 0 Å². The van der Waals surface area contributed by atoms with E-state index in [1.807, 2.05) is 0 Å². The van der Waals surface area contributed by atoms with Crippen LogP contribution in [0.25, 0.3) is 0 Å². The van der Waals surface area contributed by atoms with E-state index >= 15 is 0 Å². The second-order valence-corrected chi connectivity index (χ2v) is 5.05. The van der Waals surface area contributed by atoms with Gasteiger partial charge in [-0.1, -0.05) is 40.2 Å². The zero-order valence-corrected chi connectivity index (χ0v) is 11.0. The molecule has 0 atom stereocenters. The third kappa shape index (κ3) is 4.33. The fraction of sp³-hybridized carbons (Fsp3) is 0.500. The van der Waals surface area contributed by atoms with Crippen LogP contribution in [0.5, 0.6) is 0 Å². The van der Waals surface area contributed by atoms with E-state index in [1.54, 1.807) is 0 Å². The van der Waals surface area contributed by atoms with Crippen molar-refractivity contribution in [3.05, 3.63) is 35.4 Å². The van der Waals surface area contributed by atoms with Gasteiger partial charge in [0.1, 0.15) is 13.1 Å². The smallest absolute Gasteiger partial charge is 0.104 e. The lowest BCUT2D eigenvalue weighted by Gasteiger charge is -2.29. The lowest BCUT2D eigenvalue weighted by molar-refractivity contribution is -0.903. The molecule has 0 aliphatic carbocycles. The first-order valence-corrected chi connectivity index (χ1v) is 6.26. The van der Waals surface area contributed by atoms with E-state index in [0.717, 1.165) is 22.9 Å². The highest BCUT2D eigenvalue weighted by molar-refractivity contribution is 9.08. The Morgan fingerprint density at radius 3 is 2.13 bits per heavy atom. The van der Waals surface area contributed by atoms with Gasteiger partial charge < -0.3 is 9.59 Å². The molecule has 0 spiro atoms. The minimum absolute atomic E-state index is 0.243. The second-order valence-electron chi connectivity index (χ2n) is 4.49. The molecule has 0 saturated carbocycles. The summed E-state index contributed by atoms with van der Waals surface area (Å²) in [5.41, 5.74) is 2.62. The molecule has 0 radical (unpaired) electrons. The Morgan fingerprint density at radius 2 is 1.67 bits per heavy atom. The van der Waals surface area contributed by atoms with E-state index in [9.17, 15) is 0 Å². The lowest BCUT2D eigenvalue weighted by atomic mass is 10.1. The normalized spacial score (nSPS) is 11.7. The van der Waals surface area contributed by atoms with Crippen molar-refractivity contribution in [3.63, 3.8) is 0 Å². The summed E-state index contributed by atoms with van der Waals surface area (Å²) < 4.78 is 0.824. The molecule has 0 heterocycles. The molecule has 0 aromatic heterocycles. The Bertz CT molecular complexity index is 295. The van der Waals surface area contributed by atoms with Gasteiger partial charge >= 0.3 is 0 Å². The average molecular weight is 273 g/mol. The molecule has 15 heavy (non-hydrogen) atoms.